The van der Waals surface area contributed by atoms with Crippen molar-refractivity contribution in [1.29, 1.82) is 0 Å². The molecule has 2 aliphatic heterocycles. The number of rotatable bonds is 7. The van der Waals surface area contributed by atoms with Crippen LogP contribution in [0, 0.1) is 0 Å². The molecule has 2 amide bonds. The Kier molecular flexibility index (Phi) is 8.54. The van der Waals surface area contributed by atoms with Crippen molar-refractivity contribution < 1.29 is 19.5 Å². The molecule has 5 N–H and O–H groups in total. The van der Waals surface area contributed by atoms with Crippen LogP contribution in [0.25, 0.3) is 0 Å². The Morgan fingerprint density at radius 3 is 1.89 bits per heavy atom. The summed E-state index contributed by atoms with van der Waals surface area (Å²) < 4.78 is 0. The van der Waals surface area contributed by atoms with Gasteiger partial charge in [-0.15, -0.1) is 0 Å². The lowest BCUT2D eigenvalue weighted by Gasteiger charge is -2.35. The fraction of sp³-hybridized carbons (Fsp3) is 0.346. The van der Waals surface area contributed by atoms with Gasteiger partial charge in [0.25, 0.3) is 11.8 Å². The van der Waals surface area contributed by atoms with Crippen LogP contribution in [0.4, 0.5) is 0 Å². The Morgan fingerprint density at radius 2 is 1.34 bits per heavy atom. The first-order chi connectivity index (χ1) is 18.4. The van der Waals surface area contributed by atoms with Gasteiger partial charge in [0.15, 0.2) is 0 Å². The van der Waals surface area contributed by atoms with Gasteiger partial charge in [-0.2, -0.15) is 10.2 Å². The third-order valence-electron chi connectivity index (χ3n) is 6.77. The summed E-state index contributed by atoms with van der Waals surface area (Å²) >= 11 is 0. The number of hydrogen-bond donors (Lipinski definition) is 3. The highest BCUT2D eigenvalue weighted by Crippen LogP contribution is 2.18. The quantitative estimate of drug-likeness (QED) is 0.203. The predicted molar refractivity (Wildman–Crippen MR) is 143 cm³/mol. The van der Waals surface area contributed by atoms with Crippen molar-refractivity contribution in [1.82, 2.24) is 19.6 Å². The average Bonchev–Trinajstić information content (AvgIpc) is 2.94. The van der Waals surface area contributed by atoms with E-state index in [1.165, 1.54) is 12.3 Å². The maximum absolute atomic E-state index is 13.3. The number of carbonyl (C=O) groups is 3. The van der Waals surface area contributed by atoms with Crippen LogP contribution in [0.1, 0.15) is 42.2 Å². The highest BCUT2D eigenvalue weighted by atomic mass is 16.4. The van der Waals surface area contributed by atoms with Gasteiger partial charge in [0.05, 0.1) is 11.8 Å². The van der Waals surface area contributed by atoms with Gasteiger partial charge >= 0.3 is 5.97 Å². The van der Waals surface area contributed by atoms with Crippen molar-refractivity contribution >= 4 is 30.3 Å². The Bertz CT molecular complexity index is 1210. The molecular formula is C26H32N8O4. The molecule has 2 aromatic carbocycles. The van der Waals surface area contributed by atoms with E-state index >= 15 is 0 Å². The normalized spacial score (nSPS) is 16.9. The number of carboxylic acids is 1. The van der Waals surface area contributed by atoms with Gasteiger partial charge in [0, 0.05) is 70.0 Å². The zero-order valence-electron chi connectivity index (χ0n) is 21.1. The van der Waals surface area contributed by atoms with Crippen LogP contribution in [0.5, 0.6) is 0 Å². The van der Waals surface area contributed by atoms with Gasteiger partial charge < -0.3 is 31.5 Å². The molecule has 200 valence electrons. The Morgan fingerprint density at radius 1 is 0.763 bits per heavy atom. The van der Waals surface area contributed by atoms with Crippen molar-refractivity contribution in [2.75, 3.05) is 52.4 Å². The zero-order chi connectivity index (χ0) is 27.1. The number of hydrazone groups is 2. The van der Waals surface area contributed by atoms with E-state index in [0.29, 0.717) is 43.9 Å². The van der Waals surface area contributed by atoms with Crippen molar-refractivity contribution in [3.8, 4) is 0 Å². The van der Waals surface area contributed by atoms with Crippen LogP contribution in [0.2, 0.25) is 0 Å². The summed E-state index contributed by atoms with van der Waals surface area (Å²) in [4.78, 5) is 45.6. The van der Waals surface area contributed by atoms with Crippen LogP contribution >= 0.6 is 0 Å². The number of nitrogens with zero attached hydrogens (tertiary/aromatic N) is 6. The number of carboxylic acid groups (broad SMARTS) is 1. The molecule has 2 saturated heterocycles. The van der Waals surface area contributed by atoms with Gasteiger partial charge in [-0.25, -0.2) is 4.79 Å². The zero-order valence-corrected chi connectivity index (χ0v) is 21.1. The minimum atomic E-state index is -1.08. The van der Waals surface area contributed by atoms with Gasteiger partial charge in [-0.1, -0.05) is 12.1 Å². The van der Waals surface area contributed by atoms with E-state index in [1.807, 2.05) is 4.90 Å². The SMILES string of the molecule is NN=Cc1ccc(C(=O)N2CCN(C(=O)c3cc(CN4CCN(C=NN)CC4)cc(C(=O)O)c3)CC2)cc1. The summed E-state index contributed by atoms with van der Waals surface area (Å²) in [5.74, 6) is 8.96. The lowest BCUT2D eigenvalue weighted by atomic mass is 10.0. The van der Waals surface area contributed by atoms with Gasteiger partial charge in [0.2, 0.25) is 0 Å². The van der Waals surface area contributed by atoms with E-state index in [0.717, 1.165) is 37.3 Å². The van der Waals surface area contributed by atoms with Gasteiger partial charge in [-0.3, -0.25) is 14.5 Å². The van der Waals surface area contributed by atoms with E-state index in [9.17, 15) is 19.5 Å². The molecule has 2 heterocycles. The number of benzene rings is 2. The molecule has 2 aliphatic rings. The lowest BCUT2D eigenvalue weighted by Crippen LogP contribution is -2.50. The van der Waals surface area contributed by atoms with Crippen molar-refractivity contribution in [2.24, 2.45) is 21.9 Å². The first-order valence-electron chi connectivity index (χ1n) is 12.4. The third-order valence-corrected chi connectivity index (χ3v) is 6.77. The summed E-state index contributed by atoms with van der Waals surface area (Å²) in [6.07, 6.45) is 3.11. The molecule has 0 radical (unpaired) electrons. The Hall–Kier alpha value is -4.45. The molecule has 2 aromatic rings. The largest absolute Gasteiger partial charge is 0.478 e. The molecule has 0 aromatic heterocycles. The van der Waals surface area contributed by atoms with E-state index in [4.69, 9.17) is 11.7 Å². The highest BCUT2D eigenvalue weighted by molar-refractivity contribution is 5.98. The molecular weight excluding hydrogens is 488 g/mol. The smallest absolute Gasteiger partial charge is 0.335 e. The summed E-state index contributed by atoms with van der Waals surface area (Å²) in [6, 6.07) is 11.8. The molecule has 12 heteroatoms. The molecule has 0 unspecified atom stereocenters. The first kappa shape index (κ1) is 26.6. The molecule has 4 rings (SSSR count). The summed E-state index contributed by atoms with van der Waals surface area (Å²) in [7, 11) is 0. The van der Waals surface area contributed by atoms with E-state index in [2.05, 4.69) is 15.1 Å². The minimum absolute atomic E-state index is 0.0803. The molecule has 0 spiro atoms. The maximum Gasteiger partial charge on any atom is 0.335 e. The Labute approximate surface area is 220 Å². The molecule has 12 nitrogen and oxygen atoms in total. The van der Waals surface area contributed by atoms with Crippen LogP contribution < -0.4 is 11.7 Å². The van der Waals surface area contributed by atoms with Crippen molar-refractivity contribution in [2.45, 2.75) is 6.54 Å². The lowest BCUT2D eigenvalue weighted by molar-refractivity contribution is 0.0535. The van der Waals surface area contributed by atoms with Gasteiger partial charge in [-0.05, 0) is 41.5 Å². The van der Waals surface area contributed by atoms with E-state index in [-0.39, 0.29) is 17.4 Å². The molecule has 38 heavy (non-hydrogen) atoms. The van der Waals surface area contributed by atoms with Crippen molar-refractivity contribution in [3.05, 3.63) is 70.3 Å². The second-order valence-electron chi connectivity index (χ2n) is 9.29. The van der Waals surface area contributed by atoms with Crippen LogP contribution in [-0.2, 0) is 6.54 Å². The van der Waals surface area contributed by atoms with E-state index in [1.54, 1.807) is 52.5 Å². The summed E-state index contributed by atoms with van der Waals surface area (Å²) in [5.41, 5.74) is 2.54. The average molecular weight is 521 g/mol. The van der Waals surface area contributed by atoms with Crippen LogP contribution in [0.15, 0.2) is 52.7 Å². The number of amides is 2. The molecule has 0 atom stereocenters. The van der Waals surface area contributed by atoms with Gasteiger partial charge in [0.1, 0.15) is 6.34 Å². The highest BCUT2D eigenvalue weighted by Gasteiger charge is 2.26. The van der Waals surface area contributed by atoms with Crippen LogP contribution in [0.3, 0.4) is 0 Å². The molecule has 2 fully saturated rings. The molecule has 0 saturated carbocycles. The fourth-order valence-corrected chi connectivity index (χ4v) is 4.70. The number of nitrogens with two attached hydrogens (primary N) is 2. The van der Waals surface area contributed by atoms with Crippen LogP contribution in [-0.4, -0.2) is 107 Å². The summed E-state index contributed by atoms with van der Waals surface area (Å²) in [5, 5.41) is 16.7. The second kappa shape index (κ2) is 12.2. The first-order valence-corrected chi connectivity index (χ1v) is 12.4. The van der Waals surface area contributed by atoms with Crippen molar-refractivity contribution in [3.63, 3.8) is 0 Å². The minimum Gasteiger partial charge on any atom is -0.478 e. The Balaban J connectivity index is 1.39. The summed E-state index contributed by atoms with van der Waals surface area (Å²) in [6.45, 7) is 5.10. The molecule has 0 bridgehead atoms. The number of hydrogen-bond acceptors (Lipinski definition) is 8. The number of carbonyl (C=O) groups excluding carboxylic acids is 2. The number of piperazine rings is 2. The topological polar surface area (TPSA) is 161 Å². The fourth-order valence-electron chi connectivity index (χ4n) is 4.70. The third kappa shape index (κ3) is 6.45. The number of aromatic carboxylic acids is 1. The standard InChI is InChI=1S/C26H32N8O4/c27-29-16-19-1-3-21(4-2-19)24(35)33-9-11-34(12-10-33)25(36)22-13-20(14-23(15-22)26(37)38)17-31-5-7-32(8-6-31)18-30-28/h1-4,13-16,18H,5-12,17,27-28H2,(H,37,38). The maximum atomic E-state index is 13.3. The predicted octanol–water partition coefficient (Wildman–Crippen LogP) is 0.295. The molecule has 0 aliphatic carbocycles. The van der Waals surface area contributed by atoms with E-state index < -0.39 is 5.97 Å². The monoisotopic (exact) mass is 520 g/mol. The second-order valence-corrected chi connectivity index (χ2v) is 9.29.